The fourth-order valence-electron chi connectivity index (χ4n) is 3.53. The molecule has 1 amide bonds. The molecule has 0 spiro atoms. The average Bonchev–Trinajstić information content (AvgIpc) is 2.78. The van der Waals surface area contributed by atoms with Crippen molar-refractivity contribution in [3.8, 4) is 0 Å². The molecule has 3 aromatic rings. The number of morpholine rings is 1. The zero-order valence-electron chi connectivity index (χ0n) is 16.1. The van der Waals surface area contributed by atoms with E-state index in [4.69, 9.17) is 9.47 Å². The Kier molecular flexibility index (Phi) is 5.86. The first-order valence-electron chi connectivity index (χ1n) is 9.79. The van der Waals surface area contributed by atoms with E-state index in [0.717, 1.165) is 16.3 Å². The van der Waals surface area contributed by atoms with Crippen molar-refractivity contribution in [2.75, 3.05) is 26.3 Å². The molecule has 1 heterocycles. The molecule has 5 nitrogen and oxygen atoms in total. The molecule has 0 aliphatic carbocycles. The molecule has 29 heavy (non-hydrogen) atoms. The standard InChI is InChI=1S/C24H23NO4/c26-22(17-18-10-11-19-6-4-5-9-21(19)16-18)29-23(20-7-2-1-3-8-20)24(27)25-12-14-28-15-13-25/h1-11,16,23H,12-15,17H2. The number of amides is 1. The van der Waals surface area contributed by atoms with Crippen molar-refractivity contribution in [3.05, 3.63) is 83.9 Å². The maximum atomic E-state index is 13.1. The SMILES string of the molecule is O=C(Cc1ccc2ccccc2c1)OC(C(=O)N1CCOCC1)c1ccccc1. The summed E-state index contributed by atoms with van der Waals surface area (Å²) < 4.78 is 11.0. The van der Waals surface area contributed by atoms with Crippen LogP contribution >= 0.6 is 0 Å². The Morgan fingerprint density at radius 3 is 2.34 bits per heavy atom. The molecule has 4 rings (SSSR count). The van der Waals surface area contributed by atoms with Gasteiger partial charge in [0.2, 0.25) is 6.10 Å². The number of hydrogen-bond acceptors (Lipinski definition) is 4. The average molecular weight is 389 g/mol. The van der Waals surface area contributed by atoms with E-state index in [1.807, 2.05) is 72.8 Å². The van der Waals surface area contributed by atoms with Crippen molar-refractivity contribution in [2.45, 2.75) is 12.5 Å². The molecular weight excluding hydrogens is 366 g/mol. The van der Waals surface area contributed by atoms with Gasteiger partial charge in [-0.2, -0.15) is 0 Å². The topological polar surface area (TPSA) is 55.8 Å². The van der Waals surface area contributed by atoms with Crippen molar-refractivity contribution < 1.29 is 19.1 Å². The highest BCUT2D eigenvalue weighted by molar-refractivity contribution is 5.87. The lowest BCUT2D eigenvalue weighted by molar-refractivity contribution is -0.162. The van der Waals surface area contributed by atoms with Crippen LogP contribution in [0.4, 0.5) is 0 Å². The molecule has 1 aliphatic rings. The van der Waals surface area contributed by atoms with Crippen LogP contribution in [0.25, 0.3) is 10.8 Å². The van der Waals surface area contributed by atoms with Gasteiger partial charge in [0.1, 0.15) is 0 Å². The molecule has 1 atom stereocenters. The van der Waals surface area contributed by atoms with Crippen molar-refractivity contribution in [2.24, 2.45) is 0 Å². The third-order valence-corrected chi connectivity index (χ3v) is 5.06. The van der Waals surface area contributed by atoms with Crippen molar-refractivity contribution in [1.82, 2.24) is 4.90 Å². The zero-order chi connectivity index (χ0) is 20.1. The van der Waals surface area contributed by atoms with E-state index >= 15 is 0 Å². The first-order chi connectivity index (χ1) is 14.2. The Hall–Kier alpha value is -3.18. The quantitative estimate of drug-likeness (QED) is 0.627. The van der Waals surface area contributed by atoms with Gasteiger partial charge in [0.15, 0.2) is 0 Å². The number of nitrogens with zero attached hydrogens (tertiary/aromatic N) is 1. The minimum absolute atomic E-state index is 0.116. The zero-order valence-corrected chi connectivity index (χ0v) is 16.1. The number of hydrogen-bond donors (Lipinski definition) is 0. The van der Waals surface area contributed by atoms with E-state index in [-0.39, 0.29) is 12.3 Å². The van der Waals surface area contributed by atoms with Crippen LogP contribution in [0.5, 0.6) is 0 Å². The summed E-state index contributed by atoms with van der Waals surface area (Å²) in [5.41, 5.74) is 1.54. The number of carbonyl (C=O) groups excluding carboxylic acids is 2. The molecule has 0 aromatic heterocycles. The van der Waals surface area contributed by atoms with Gasteiger partial charge < -0.3 is 14.4 Å². The van der Waals surface area contributed by atoms with Crippen LogP contribution < -0.4 is 0 Å². The van der Waals surface area contributed by atoms with Gasteiger partial charge in [0, 0.05) is 18.7 Å². The van der Waals surface area contributed by atoms with Gasteiger partial charge in [0.25, 0.3) is 5.91 Å². The number of benzene rings is 3. The molecule has 1 saturated heterocycles. The molecule has 1 aliphatic heterocycles. The summed E-state index contributed by atoms with van der Waals surface area (Å²) >= 11 is 0. The second kappa shape index (κ2) is 8.88. The van der Waals surface area contributed by atoms with Gasteiger partial charge in [-0.3, -0.25) is 9.59 Å². The van der Waals surface area contributed by atoms with Gasteiger partial charge in [-0.05, 0) is 16.3 Å². The minimum atomic E-state index is -0.942. The van der Waals surface area contributed by atoms with E-state index in [1.165, 1.54) is 0 Å². The van der Waals surface area contributed by atoms with Crippen molar-refractivity contribution in [3.63, 3.8) is 0 Å². The Morgan fingerprint density at radius 2 is 1.59 bits per heavy atom. The molecule has 0 radical (unpaired) electrons. The van der Waals surface area contributed by atoms with Crippen LogP contribution in [0.15, 0.2) is 72.8 Å². The molecular formula is C24H23NO4. The van der Waals surface area contributed by atoms with Gasteiger partial charge in [0.05, 0.1) is 19.6 Å². The monoisotopic (exact) mass is 389 g/mol. The number of fused-ring (bicyclic) bond motifs is 1. The molecule has 5 heteroatoms. The smallest absolute Gasteiger partial charge is 0.311 e. The summed E-state index contributed by atoms with van der Waals surface area (Å²) in [6.07, 6.45) is -0.827. The number of esters is 1. The van der Waals surface area contributed by atoms with Crippen LogP contribution in [0, 0.1) is 0 Å². The lowest BCUT2D eigenvalue weighted by Gasteiger charge is -2.30. The van der Waals surface area contributed by atoms with Crippen molar-refractivity contribution in [1.29, 1.82) is 0 Å². The largest absolute Gasteiger partial charge is 0.447 e. The molecule has 0 saturated carbocycles. The van der Waals surface area contributed by atoms with Gasteiger partial charge >= 0.3 is 5.97 Å². The van der Waals surface area contributed by atoms with Crippen LogP contribution in [0.3, 0.4) is 0 Å². The van der Waals surface area contributed by atoms with E-state index in [2.05, 4.69) is 0 Å². The Labute approximate surface area is 169 Å². The first kappa shape index (κ1) is 19.2. The number of ether oxygens (including phenoxy) is 2. The Morgan fingerprint density at radius 1 is 0.897 bits per heavy atom. The van der Waals surface area contributed by atoms with Gasteiger partial charge in [-0.15, -0.1) is 0 Å². The first-order valence-corrected chi connectivity index (χ1v) is 9.79. The predicted molar refractivity (Wildman–Crippen MR) is 110 cm³/mol. The van der Waals surface area contributed by atoms with E-state index in [1.54, 1.807) is 4.90 Å². The lowest BCUT2D eigenvalue weighted by atomic mass is 10.0. The molecule has 0 N–H and O–H groups in total. The van der Waals surface area contributed by atoms with Gasteiger partial charge in [-0.25, -0.2) is 0 Å². The highest BCUT2D eigenvalue weighted by atomic mass is 16.5. The summed E-state index contributed by atoms with van der Waals surface area (Å²) in [5.74, 6) is -0.623. The summed E-state index contributed by atoms with van der Waals surface area (Å²) in [6, 6.07) is 23.1. The van der Waals surface area contributed by atoms with Gasteiger partial charge in [-0.1, -0.05) is 72.8 Å². The molecule has 1 unspecified atom stereocenters. The fourth-order valence-corrected chi connectivity index (χ4v) is 3.53. The maximum absolute atomic E-state index is 13.1. The third-order valence-electron chi connectivity index (χ3n) is 5.06. The minimum Gasteiger partial charge on any atom is -0.447 e. The van der Waals surface area contributed by atoms with Crippen LogP contribution in [-0.2, 0) is 25.5 Å². The van der Waals surface area contributed by atoms with Crippen LogP contribution in [0.1, 0.15) is 17.2 Å². The molecule has 3 aromatic carbocycles. The van der Waals surface area contributed by atoms with E-state index in [0.29, 0.717) is 31.9 Å². The number of carbonyl (C=O) groups is 2. The fraction of sp³-hybridized carbons (Fsp3) is 0.250. The van der Waals surface area contributed by atoms with Crippen LogP contribution in [0.2, 0.25) is 0 Å². The summed E-state index contributed by atoms with van der Waals surface area (Å²) in [5, 5.41) is 2.19. The van der Waals surface area contributed by atoms with Crippen LogP contribution in [-0.4, -0.2) is 43.1 Å². The highest BCUT2D eigenvalue weighted by Gasteiger charge is 2.30. The summed E-state index contributed by atoms with van der Waals surface area (Å²) in [4.78, 5) is 27.5. The van der Waals surface area contributed by atoms with Crippen molar-refractivity contribution >= 4 is 22.6 Å². The molecule has 148 valence electrons. The number of rotatable bonds is 5. The summed E-state index contributed by atoms with van der Waals surface area (Å²) in [7, 11) is 0. The summed E-state index contributed by atoms with van der Waals surface area (Å²) in [6.45, 7) is 2.01. The molecule has 0 bridgehead atoms. The maximum Gasteiger partial charge on any atom is 0.311 e. The van der Waals surface area contributed by atoms with E-state index < -0.39 is 12.1 Å². The normalized spacial score (nSPS) is 15.1. The lowest BCUT2D eigenvalue weighted by Crippen LogP contribution is -2.44. The Bertz CT molecular complexity index is 996. The van der Waals surface area contributed by atoms with E-state index in [9.17, 15) is 9.59 Å². The molecule has 1 fully saturated rings. The third kappa shape index (κ3) is 4.63. The highest BCUT2D eigenvalue weighted by Crippen LogP contribution is 2.23. The second-order valence-electron chi connectivity index (χ2n) is 7.08. The Balaban J connectivity index is 1.51. The predicted octanol–water partition coefficient (Wildman–Crippen LogP) is 3.53. The second-order valence-corrected chi connectivity index (χ2v) is 7.08.